The second-order valence-corrected chi connectivity index (χ2v) is 4.68. The summed E-state index contributed by atoms with van der Waals surface area (Å²) in [5, 5.41) is 4.01. The number of rotatable bonds is 7. The highest BCUT2D eigenvalue weighted by Crippen LogP contribution is 2.29. The molecule has 0 aromatic heterocycles. The Kier molecular flexibility index (Phi) is 4.63. The maximum Gasteiger partial charge on any atom is 0.142 e. The summed E-state index contributed by atoms with van der Waals surface area (Å²) >= 11 is 6.09. The summed E-state index contributed by atoms with van der Waals surface area (Å²) in [7, 11) is 0. The molecule has 17 heavy (non-hydrogen) atoms. The topological polar surface area (TPSA) is 21.3 Å². The lowest BCUT2D eigenvalue weighted by atomic mass is 10.2. The monoisotopic (exact) mass is 257 g/mol. The van der Waals surface area contributed by atoms with Gasteiger partial charge in [-0.3, -0.25) is 4.39 Å². The van der Waals surface area contributed by atoms with Gasteiger partial charge in [0.2, 0.25) is 0 Å². The molecular formula is C13H17ClFNO. The first-order chi connectivity index (χ1) is 8.31. The summed E-state index contributed by atoms with van der Waals surface area (Å²) in [5.74, 6) is 0.691. The Balaban J connectivity index is 1.98. The zero-order valence-electron chi connectivity index (χ0n) is 9.72. The third-order valence-electron chi connectivity index (χ3n) is 2.73. The highest BCUT2D eigenvalue weighted by molar-refractivity contribution is 6.32. The smallest absolute Gasteiger partial charge is 0.142 e. The van der Waals surface area contributed by atoms with Crippen LogP contribution in [0, 0.1) is 0 Å². The number of hydrogen-bond acceptors (Lipinski definition) is 2. The second kappa shape index (κ2) is 6.22. The molecule has 1 fully saturated rings. The van der Waals surface area contributed by atoms with E-state index in [0.29, 0.717) is 29.8 Å². The Morgan fingerprint density at radius 3 is 2.94 bits per heavy atom. The maximum absolute atomic E-state index is 12.0. The molecule has 2 rings (SSSR count). The highest BCUT2D eigenvalue weighted by atomic mass is 35.5. The van der Waals surface area contributed by atoms with Gasteiger partial charge in [0.05, 0.1) is 18.3 Å². The molecule has 0 heterocycles. The highest BCUT2D eigenvalue weighted by Gasteiger charge is 2.20. The number of alkyl halides is 1. The molecule has 4 heteroatoms. The maximum atomic E-state index is 12.0. The first-order valence-corrected chi connectivity index (χ1v) is 6.38. The van der Waals surface area contributed by atoms with Gasteiger partial charge in [-0.2, -0.15) is 0 Å². The fourth-order valence-corrected chi connectivity index (χ4v) is 1.87. The van der Waals surface area contributed by atoms with Crippen molar-refractivity contribution in [1.82, 2.24) is 5.32 Å². The molecule has 1 N–H and O–H groups in total. The predicted octanol–water partition coefficient (Wildman–Crippen LogP) is 3.33. The molecule has 94 valence electrons. The van der Waals surface area contributed by atoms with Crippen LogP contribution in [0.3, 0.4) is 0 Å². The van der Waals surface area contributed by atoms with Crippen LogP contribution in [0.4, 0.5) is 4.39 Å². The van der Waals surface area contributed by atoms with Crippen molar-refractivity contribution in [2.24, 2.45) is 0 Å². The Morgan fingerprint density at radius 1 is 1.41 bits per heavy atom. The Labute approximate surface area is 106 Å². The van der Waals surface area contributed by atoms with Gasteiger partial charge < -0.3 is 10.1 Å². The van der Waals surface area contributed by atoms with E-state index in [2.05, 4.69) is 5.32 Å². The quantitative estimate of drug-likeness (QED) is 0.757. The third-order valence-corrected chi connectivity index (χ3v) is 3.03. The fourth-order valence-electron chi connectivity index (χ4n) is 1.62. The lowest BCUT2D eigenvalue weighted by molar-refractivity contribution is 0.286. The van der Waals surface area contributed by atoms with E-state index in [1.165, 1.54) is 12.8 Å². The van der Waals surface area contributed by atoms with Gasteiger partial charge >= 0.3 is 0 Å². The molecule has 1 aliphatic rings. The minimum atomic E-state index is -0.361. The van der Waals surface area contributed by atoms with E-state index >= 15 is 0 Å². The lowest BCUT2D eigenvalue weighted by Crippen LogP contribution is -2.16. The molecule has 2 nitrogen and oxygen atoms in total. The molecule has 0 aliphatic heterocycles. The van der Waals surface area contributed by atoms with Crippen molar-refractivity contribution in [3.8, 4) is 5.75 Å². The van der Waals surface area contributed by atoms with Crippen molar-refractivity contribution in [3.05, 3.63) is 28.8 Å². The molecule has 0 unspecified atom stereocenters. The SMILES string of the molecule is FCCCOc1c(Cl)cccc1CNC1CC1. The van der Waals surface area contributed by atoms with E-state index < -0.39 is 0 Å². The molecule has 1 aliphatic carbocycles. The van der Waals surface area contributed by atoms with E-state index in [1.54, 1.807) is 6.07 Å². The van der Waals surface area contributed by atoms with Crippen LogP contribution in [0.5, 0.6) is 5.75 Å². The van der Waals surface area contributed by atoms with Gasteiger partial charge in [-0.05, 0) is 18.9 Å². The van der Waals surface area contributed by atoms with Crippen LogP contribution in [0.15, 0.2) is 18.2 Å². The van der Waals surface area contributed by atoms with Crippen LogP contribution in [0.1, 0.15) is 24.8 Å². The van der Waals surface area contributed by atoms with E-state index in [1.807, 2.05) is 12.1 Å². The fraction of sp³-hybridized carbons (Fsp3) is 0.538. The number of ether oxygens (including phenoxy) is 1. The molecule has 1 saturated carbocycles. The molecule has 0 bridgehead atoms. The first kappa shape index (κ1) is 12.7. The van der Waals surface area contributed by atoms with Gasteiger partial charge in [-0.25, -0.2) is 0 Å². The minimum absolute atomic E-state index is 0.361. The average Bonchev–Trinajstić information content (AvgIpc) is 3.13. The Hall–Kier alpha value is -0.800. The lowest BCUT2D eigenvalue weighted by Gasteiger charge is -2.13. The Bertz CT molecular complexity index is 368. The van der Waals surface area contributed by atoms with Crippen LogP contribution < -0.4 is 10.1 Å². The number of halogens is 2. The molecule has 1 aromatic carbocycles. The van der Waals surface area contributed by atoms with Crippen molar-refractivity contribution in [3.63, 3.8) is 0 Å². The van der Waals surface area contributed by atoms with Crippen molar-refractivity contribution >= 4 is 11.6 Å². The number of benzene rings is 1. The molecule has 0 saturated heterocycles. The zero-order chi connectivity index (χ0) is 12.1. The van der Waals surface area contributed by atoms with Crippen molar-refractivity contribution < 1.29 is 9.13 Å². The second-order valence-electron chi connectivity index (χ2n) is 4.27. The van der Waals surface area contributed by atoms with Gasteiger partial charge in [0.15, 0.2) is 0 Å². The third kappa shape index (κ3) is 3.86. The molecule has 0 amide bonds. The summed E-state index contributed by atoms with van der Waals surface area (Å²) in [6.07, 6.45) is 2.90. The number of hydrogen-bond donors (Lipinski definition) is 1. The van der Waals surface area contributed by atoms with E-state index in [-0.39, 0.29) is 6.67 Å². The molecule has 0 spiro atoms. The normalized spacial score (nSPS) is 14.9. The number of nitrogens with one attached hydrogen (secondary N) is 1. The van der Waals surface area contributed by atoms with Gasteiger partial charge in [0.1, 0.15) is 5.75 Å². The molecular weight excluding hydrogens is 241 g/mol. The summed E-state index contributed by atoms with van der Waals surface area (Å²) in [6, 6.07) is 6.35. The average molecular weight is 258 g/mol. The molecule has 0 atom stereocenters. The van der Waals surface area contributed by atoms with Gasteiger partial charge in [-0.15, -0.1) is 0 Å². The minimum Gasteiger partial charge on any atom is -0.492 e. The van der Waals surface area contributed by atoms with Crippen LogP contribution in [0.2, 0.25) is 5.02 Å². The van der Waals surface area contributed by atoms with Gasteiger partial charge in [0, 0.05) is 24.6 Å². The zero-order valence-corrected chi connectivity index (χ0v) is 10.5. The first-order valence-electron chi connectivity index (χ1n) is 6.01. The number of para-hydroxylation sites is 1. The summed E-state index contributed by atoms with van der Waals surface area (Å²) in [4.78, 5) is 0. The van der Waals surface area contributed by atoms with Crippen molar-refractivity contribution in [1.29, 1.82) is 0 Å². The van der Waals surface area contributed by atoms with Crippen LogP contribution in [-0.2, 0) is 6.54 Å². The van der Waals surface area contributed by atoms with E-state index in [9.17, 15) is 4.39 Å². The van der Waals surface area contributed by atoms with E-state index in [0.717, 1.165) is 12.1 Å². The van der Waals surface area contributed by atoms with Crippen LogP contribution in [0.25, 0.3) is 0 Å². The van der Waals surface area contributed by atoms with Crippen molar-refractivity contribution in [2.45, 2.75) is 31.8 Å². The standard InChI is InChI=1S/C13H17ClFNO/c14-12-4-1-3-10(9-16-11-5-6-11)13(12)17-8-2-7-15/h1,3-4,11,16H,2,5-9H2. The van der Waals surface area contributed by atoms with Crippen molar-refractivity contribution in [2.75, 3.05) is 13.3 Å². The molecule has 0 radical (unpaired) electrons. The van der Waals surface area contributed by atoms with E-state index in [4.69, 9.17) is 16.3 Å². The Morgan fingerprint density at radius 2 is 2.24 bits per heavy atom. The van der Waals surface area contributed by atoms with Gasteiger partial charge in [0.25, 0.3) is 0 Å². The van der Waals surface area contributed by atoms with Crippen LogP contribution in [-0.4, -0.2) is 19.3 Å². The van der Waals surface area contributed by atoms with Gasteiger partial charge in [-0.1, -0.05) is 23.7 Å². The molecule has 1 aromatic rings. The largest absolute Gasteiger partial charge is 0.492 e. The summed E-state index contributed by atoms with van der Waals surface area (Å²) in [5.41, 5.74) is 1.04. The predicted molar refractivity (Wildman–Crippen MR) is 67.4 cm³/mol. The summed E-state index contributed by atoms with van der Waals surface area (Å²) < 4.78 is 17.6. The summed E-state index contributed by atoms with van der Waals surface area (Å²) in [6.45, 7) is 0.771. The van der Waals surface area contributed by atoms with Crippen LogP contribution >= 0.6 is 11.6 Å².